The van der Waals surface area contributed by atoms with E-state index in [0.29, 0.717) is 45.4 Å². The number of unbranched alkanes of at least 4 members (excludes halogenated alkanes) is 1. The third-order valence-corrected chi connectivity index (χ3v) is 5.47. The monoisotopic (exact) mass is 541 g/mol. The standard InChI is InChI=1S/C23H47N11O4/c1-14(2)18(34-20(37)17(32-15(3)35)9-7-13-31-23(27)28)21(38)33-16(8-6-12-30-22(25)26)19(36)29-11-5-4-10-24/h14,16-18H,4-13,24H2,1-3H3,(H,29,36)(H,32,35)(H,33,38)(H,34,37)(H4,25,26,30)(H4,27,28,31)/t16-,17-,18?/m0/s1. The first-order valence-corrected chi connectivity index (χ1v) is 12.9. The summed E-state index contributed by atoms with van der Waals surface area (Å²) in [6.45, 7) is 6.42. The molecule has 0 aromatic carbocycles. The van der Waals surface area contributed by atoms with Crippen LogP contribution in [0.2, 0.25) is 0 Å². The second-order valence-electron chi connectivity index (χ2n) is 9.30. The Hall–Kier alpha value is -3.62. The van der Waals surface area contributed by atoms with Gasteiger partial charge in [-0.15, -0.1) is 0 Å². The van der Waals surface area contributed by atoms with Crippen molar-refractivity contribution in [1.29, 1.82) is 10.8 Å². The number of carbonyl (C=O) groups is 4. The van der Waals surface area contributed by atoms with Crippen LogP contribution >= 0.6 is 0 Å². The third kappa shape index (κ3) is 16.2. The number of nitrogens with one attached hydrogen (secondary N) is 8. The lowest BCUT2D eigenvalue weighted by atomic mass is 10.0. The first kappa shape index (κ1) is 34.4. The smallest absolute Gasteiger partial charge is 0.243 e. The molecule has 0 aliphatic heterocycles. The van der Waals surface area contributed by atoms with Crippen molar-refractivity contribution in [2.45, 2.75) is 77.4 Å². The van der Waals surface area contributed by atoms with Crippen molar-refractivity contribution < 1.29 is 19.2 Å². The largest absolute Gasteiger partial charge is 0.370 e. The van der Waals surface area contributed by atoms with E-state index in [1.807, 2.05) is 0 Å². The molecule has 0 saturated carbocycles. The van der Waals surface area contributed by atoms with Gasteiger partial charge >= 0.3 is 0 Å². The normalized spacial score (nSPS) is 13.0. The molecule has 0 aliphatic rings. The van der Waals surface area contributed by atoms with Crippen LogP contribution in [0, 0.1) is 16.7 Å². The van der Waals surface area contributed by atoms with Crippen molar-refractivity contribution in [3.8, 4) is 0 Å². The maximum absolute atomic E-state index is 13.2. The molecule has 15 heteroatoms. The zero-order valence-electron chi connectivity index (χ0n) is 22.7. The first-order valence-electron chi connectivity index (χ1n) is 12.9. The predicted octanol–water partition coefficient (Wildman–Crippen LogP) is -2.50. The molecule has 0 heterocycles. The summed E-state index contributed by atoms with van der Waals surface area (Å²) in [7, 11) is 0. The van der Waals surface area contributed by atoms with E-state index in [1.54, 1.807) is 13.8 Å². The Morgan fingerprint density at radius 2 is 1.18 bits per heavy atom. The van der Waals surface area contributed by atoms with Gasteiger partial charge in [-0.25, -0.2) is 0 Å². The van der Waals surface area contributed by atoms with Crippen LogP contribution in [0.15, 0.2) is 0 Å². The van der Waals surface area contributed by atoms with Gasteiger partial charge in [0.05, 0.1) is 0 Å². The lowest BCUT2D eigenvalue weighted by molar-refractivity contribution is -0.134. The number of hydrogen-bond acceptors (Lipinski definition) is 7. The SMILES string of the molecule is CC(=O)N[C@@H](CCCNC(=N)N)C(=O)NC(C(=O)N[C@@H](CCCNC(=N)N)C(=O)NCCCCN)C(C)C. The number of amides is 4. The summed E-state index contributed by atoms with van der Waals surface area (Å²) in [5, 5.41) is 30.6. The van der Waals surface area contributed by atoms with Crippen LogP contribution in [0.3, 0.4) is 0 Å². The molecule has 14 N–H and O–H groups in total. The van der Waals surface area contributed by atoms with E-state index < -0.39 is 35.8 Å². The van der Waals surface area contributed by atoms with Gasteiger partial charge in [0.2, 0.25) is 23.6 Å². The summed E-state index contributed by atoms with van der Waals surface area (Å²) in [5.74, 6) is -2.53. The Balaban J connectivity index is 5.36. The maximum Gasteiger partial charge on any atom is 0.243 e. The number of carbonyl (C=O) groups excluding carboxylic acids is 4. The Morgan fingerprint density at radius 3 is 1.63 bits per heavy atom. The highest BCUT2D eigenvalue weighted by molar-refractivity contribution is 5.94. The Labute approximate surface area is 224 Å². The number of nitrogens with two attached hydrogens (primary N) is 3. The molecule has 15 nitrogen and oxygen atoms in total. The molecule has 0 rings (SSSR count). The van der Waals surface area contributed by atoms with Gasteiger partial charge in [-0.05, 0) is 51.0 Å². The fraction of sp³-hybridized carbons (Fsp3) is 0.739. The summed E-state index contributed by atoms with van der Waals surface area (Å²) >= 11 is 0. The van der Waals surface area contributed by atoms with Crippen LogP contribution in [-0.2, 0) is 19.2 Å². The average molecular weight is 542 g/mol. The van der Waals surface area contributed by atoms with Crippen molar-refractivity contribution in [3.63, 3.8) is 0 Å². The van der Waals surface area contributed by atoms with E-state index >= 15 is 0 Å². The van der Waals surface area contributed by atoms with E-state index in [-0.39, 0.29) is 36.6 Å². The van der Waals surface area contributed by atoms with Crippen molar-refractivity contribution in [2.75, 3.05) is 26.2 Å². The van der Waals surface area contributed by atoms with Gasteiger partial charge < -0.3 is 49.1 Å². The van der Waals surface area contributed by atoms with Gasteiger partial charge in [-0.1, -0.05) is 13.8 Å². The molecule has 3 atom stereocenters. The highest BCUT2D eigenvalue weighted by atomic mass is 16.2. The number of guanidine groups is 2. The predicted molar refractivity (Wildman–Crippen MR) is 146 cm³/mol. The van der Waals surface area contributed by atoms with E-state index in [1.165, 1.54) is 6.92 Å². The highest BCUT2D eigenvalue weighted by Crippen LogP contribution is 2.07. The molecule has 0 aliphatic carbocycles. The molecule has 0 aromatic heterocycles. The average Bonchev–Trinajstić information content (AvgIpc) is 2.82. The van der Waals surface area contributed by atoms with Crippen LogP contribution < -0.4 is 49.1 Å². The summed E-state index contributed by atoms with van der Waals surface area (Å²) in [4.78, 5) is 50.7. The second kappa shape index (κ2) is 19.5. The second-order valence-corrected chi connectivity index (χ2v) is 9.30. The Bertz CT molecular complexity index is 791. The zero-order valence-corrected chi connectivity index (χ0v) is 22.7. The molecule has 0 fully saturated rings. The highest BCUT2D eigenvalue weighted by Gasteiger charge is 2.31. The van der Waals surface area contributed by atoms with Crippen molar-refractivity contribution in [2.24, 2.45) is 23.1 Å². The van der Waals surface area contributed by atoms with Gasteiger partial charge in [0.1, 0.15) is 18.1 Å². The van der Waals surface area contributed by atoms with E-state index in [2.05, 4.69) is 31.9 Å². The molecular formula is C23H47N11O4. The molecule has 0 spiro atoms. The molecule has 218 valence electrons. The van der Waals surface area contributed by atoms with Gasteiger partial charge in [0, 0.05) is 26.6 Å². The molecule has 4 amide bonds. The summed E-state index contributed by atoms with van der Waals surface area (Å²) in [6.07, 6.45) is 2.89. The molecule has 38 heavy (non-hydrogen) atoms. The van der Waals surface area contributed by atoms with Crippen LogP contribution in [0.1, 0.15) is 59.3 Å². The quantitative estimate of drug-likeness (QED) is 0.0468. The third-order valence-electron chi connectivity index (χ3n) is 5.47. The first-order chi connectivity index (χ1) is 17.9. The van der Waals surface area contributed by atoms with E-state index in [0.717, 1.165) is 6.42 Å². The fourth-order valence-corrected chi connectivity index (χ4v) is 3.50. The topological polar surface area (TPSA) is 266 Å². The zero-order chi connectivity index (χ0) is 29.1. The van der Waals surface area contributed by atoms with Gasteiger partial charge in [-0.2, -0.15) is 0 Å². The minimum atomic E-state index is -0.961. The fourth-order valence-electron chi connectivity index (χ4n) is 3.50. The molecule has 1 unspecified atom stereocenters. The molecular weight excluding hydrogens is 494 g/mol. The van der Waals surface area contributed by atoms with Crippen LogP contribution in [0.5, 0.6) is 0 Å². The van der Waals surface area contributed by atoms with Crippen molar-refractivity contribution in [1.82, 2.24) is 31.9 Å². The van der Waals surface area contributed by atoms with Gasteiger partial charge in [0.15, 0.2) is 11.9 Å². The van der Waals surface area contributed by atoms with Crippen LogP contribution in [-0.4, -0.2) is 79.9 Å². The van der Waals surface area contributed by atoms with Gasteiger partial charge in [-0.3, -0.25) is 30.0 Å². The van der Waals surface area contributed by atoms with Crippen molar-refractivity contribution in [3.05, 3.63) is 0 Å². The van der Waals surface area contributed by atoms with E-state index in [9.17, 15) is 19.2 Å². The summed E-state index contributed by atoms with van der Waals surface area (Å²) < 4.78 is 0. The summed E-state index contributed by atoms with van der Waals surface area (Å²) in [5.41, 5.74) is 16.1. The lowest BCUT2D eigenvalue weighted by Crippen LogP contribution is -2.58. The Kier molecular flexibility index (Phi) is 17.6. The maximum atomic E-state index is 13.2. The molecule has 0 aromatic rings. The number of rotatable bonds is 19. The van der Waals surface area contributed by atoms with Gasteiger partial charge in [0.25, 0.3) is 0 Å². The minimum absolute atomic E-state index is 0.190. The Morgan fingerprint density at radius 1 is 0.684 bits per heavy atom. The molecule has 0 bridgehead atoms. The lowest BCUT2D eigenvalue weighted by Gasteiger charge is -2.27. The van der Waals surface area contributed by atoms with Crippen LogP contribution in [0.25, 0.3) is 0 Å². The summed E-state index contributed by atoms with van der Waals surface area (Å²) in [6, 6.07) is -2.72. The molecule has 0 saturated heterocycles. The van der Waals surface area contributed by atoms with Crippen LogP contribution in [0.4, 0.5) is 0 Å². The van der Waals surface area contributed by atoms with E-state index in [4.69, 9.17) is 28.0 Å². The minimum Gasteiger partial charge on any atom is -0.370 e. The van der Waals surface area contributed by atoms with Crippen molar-refractivity contribution >= 4 is 35.5 Å². The molecule has 0 radical (unpaired) electrons. The number of hydrogen-bond donors (Lipinski definition) is 11.